The van der Waals surface area contributed by atoms with Crippen molar-refractivity contribution in [2.45, 2.75) is 38.5 Å². The highest BCUT2D eigenvalue weighted by Crippen LogP contribution is 2.34. The van der Waals surface area contributed by atoms with E-state index in [2.05, 4.69) is 21.2 Å². The molecule has 1 aromatic rings. The number of anilines is 1. The van der Waals surface area contributed by atoms with E-state index in [-0.39, 0.29) is 0 Å². The lowest BCUT2D eigenvalue weighted by molar-refractivity contribution is -0.137. The highest BCUT2D eigenvalue weighted by molar-refractivity contribution is 9.10. The summed E-state index contributed by atoms with van der Waals surface area (Å²) in [4.78, 5) is 0. The Morgan fingerprint density at radius 1 is 1.21 bits per heavy atom. The zero-order valence-corrected chi connectivity index (χ0v) is 12.4. The SMILES string of the molecule is CCC(O)(CC)CNc1ccc(C(F)(F)F)cc1Br. The highest BCUT2D eigenvalue weighted by Gasteiger charge is 2.31. The molecule has 0 heterocycles. The zero-order valence-electron chi connectivity index (χ0n) is 10.8. The average Bonchev–Trinajstić information content (AvgIpc) is 2.35. The van der Waals surface area contributed by atoms with Crippen LogP contribution in [0.3, 0.4) is 0 Å². The second-order valence-corrected chi connectivity index (χ2v) is 5.33. The van der Waals surface area contributed by atoms with Gasteiger partial charge in [0.15, 0.2) is 0 Å². The van der Waals surface area contributed by atoms with Gasteiger partial charge in [-0.3, -0.25) is 0 Å². The lowest BCUT2D eigenvalue weighted by Crippen LogP contribution is -2.35. The smallest absolute Gasteiger partial charge is 0.388 e. The van der Waals surface area contributed by atoms with E-state index in [0.29, 0.717) is 29.5 Å². The molecule has 2 N–H and O–H groups in total. The Hall–Kier alpha value is -0.750. The van der Waals surface area contributed by atoms with E-state index in [9.17, 15) is 18.3 Å². The topological polar surface area (TPSA) is 32.3 Å². The molecule has 0 amide bonds. The summed E-state index contributed by atoms with van der Waals surface area (Å²) in [5.41, 5.74) is -1.01. The Balaban J connectivity index is 2.82. The fourth-order valence-electron chi connectivity index (χ4n) is 1.59. The third-order valence-corrected chi connectivity index (χ3v) is 3.88. The summed E-state index contributed by atoms with van der Waals surface area (Å²) in [6, 6.07) is 3.40. The molecule has 0 atom stereocenters. The molecule has 0 aliphatic rings. The number of halogens is 4. The summed E-state index contributed by atoms with van der Waals surface area (Å²) in [6.07, 6.45) is -3.20. The summed E-state index contributed by atoms with van der Waals surface area (Å²) in [7, 11) is 0. The van der Waals surface area contributed by atoms with E-state index < -0.39 is 17.3 Å². The van der Waals surface area contributed by atoms with Crippen molar-refractivity contribution in [1.82, 2.24) is 0 Å². The molecule has 0 saturated heterocycles. The van der Waals surface area contributed by atoms with Crippen LogP contribution in [0.15, 0.2) is 22.7 Å². The van der Waals surface area contributed by atoms with Gasteiger partial charge >= 0.3 is 6.18 Å². The van der Waals surface area contributed by atoms with E-state index in [1.54, 1.807) is 0 Å². The minimum Gasteiger partial charge on any atom is -0.388 e. The third-order valence-electron chi connectivity index (χ3n) is 3.22. The number of hydrogen-bond acceptors (Lipinski definition) is 2. The molecule has 0 radical (unpaired) electrons. The monoisotopic (exact) mass is 339 g/mol. The maximum atomic E-state index is 12.5. The minimum absolute atomic E-state index is 0.296. The average molecular weight is 340 g/mol. The summed E-state index contributed by atoms with van der Waals surface area (Å²) >= 11 is 3.11. The molecule has 2 nitrogen and oxygen atoms in total. The Morgan fingerprint density at radius 3 is 2.21 bits per heavy atom. The molecule has 6 heteroatoms. The van der Waals surface area contributed by atoms with Crippen LogP contribution in [0.4, 0.5) is 18.9 Å². The van der Waals surface area contributed by atoms with Gasteiger partial charge in [0.05, 0.1) is 11.2 Å². The molecule has 0 bridgehead atoms. The molecule has 0 fully saturated rings. The summed E-state index contributed by atoms with van der Waals surface area (Å²) in [5.74, 6) is 0. The minimum atomic E-state index is -4.35. The van der Waals surface area contributed by atoms with Crippen LogP contribution in [0.1, 0.15) is 32.3 Å². The van der Waals surface area contributed by atoms with E-state index in [1.807, 2.05) is 13.8 Å². The second-order valence-electron chi connectivity index (χ2n) is 4.48. The number of benzene rings is 1. The van der Waals surface area contributed by atoms with Crippen molar-refractivity contribution in [2.24, 2.45) is 0 Å². The lowest BCUT2D eigenvalue weighted by Gasteiger charge is -2.26. The van der Waals surface area contributed by atoms with Crippen LogP contribution in [0, 0.1) is 0 Å². The first-order valence-corrected chi connectivity index (χ1v) is 6.84. The molecule has 0 unspecified atom stereocenters. The second kappa shape index (κ2) is 6.13. The largest absolute Gasteiger partial charge is 0.416 e. The van der Waals surface area contributed by atoms with Crippen molar-refractivity contribution in [3.05, 3.63) is 28.2 Å². The Bertz CT molecular complexity index is 430. The van der Waals surface area contributed by atoms with Crippen molar-refractivity contribution >= 4 is 21.6 Å². The van der Waals surface area contributed by atoms with Gasteiger partial charge in [0, 0.05) is 16.7 Å². The molecule has 0 aliphatic carbocycles. The predicted molar refractivity (Wildman–Crippen MR) is 73.2 cm³/mol. The molecule has 0 saturated carbocycles. The molecule has 0 aliphatic heterocycles. The van der Waals surface area contributed by atoms with Crippen molar-refractivity contribution in [3.8, 4) is 0 Å². The summed E-state index contributed by atoms with van der Waals surface area (Å²) < 4.78 is 37.8. The first kappa shape index (κ1) is 16.3. The van der Waals surface area contributed by atoms with E-state index in [1.165, 1.54) is 6.07 Å². The first-order chi connectivity index (χ1) is 8.72. The molecule has 0 spiro atoms. The van der Waals surface area contributed by atoms with E-state index >= 15 is 0 Å². The van der Waals surface area contributed by atoms with E-state index in [4.69, 9.17) is 0 Å². The summed E-state index contributed by atoms with van der Waals surface area (Å²) in [5, 5.41) is 13.1. The van der Waals surface area contributed by atoms with Crippen LogP contribution in [-0.2, 0) is 6.18 Å². The zero-order chi connectivity index (χ0) is 14.7. The standard InChI is InChI=1S/C13H17BrF3NO/c1-3-12(19,4-2)8-18-11-6-5-9(7-10(11)14)13(15,16)17/h5-7,18-19H,3-4,8H2,1-2H3. The molecule has 108 valence electrons. The Morgan fingerprint density at radius 2 is 1.79 bits per heavy atom. The van der Waals surface area contributed by atoms with Crippen LogP contribution >= 0.6 is 15.9 Å². The van der Waals surface area contributed by atoms with Gasteiger partial charge in [0.2, 0.25) is 0 Å². The van der Waals surface area contributed by atoms with Crippen molar-refractivity contribution < 1.29 is 18.3 Å². The highest BCUT2D eigenvalue weighted by atomic mass is 79.9. The van der Waals surface area contributed by atoms with Crippen molar-refractivity contribution in [1.29, 1.82) is 0 Å². The Kier molecular flexibility index (Phi) is 5.26. The summed E-state index contributed by atoms with van der Waals surface area (Å²) in [6.45, 7) is 4.03. The molecular formula is C13H17BrF3NO. The number of rotatable bonds is 5. The van der Waals surface area contributed by atoms with Crippen LogP contribution in [0.5, 0.6) is 0 Å². The predicted octanol–water partition coefficient (Wildman–Crippen LogP) is 4.43. The normalized spacial score (nSPS) is 12.6. The number of aliphatic hydroxyl groups is 1. The van der Waals surface area contributed by atoms with Gasteiger partial charge < -0.3 is 10.4 Å². The molecular weight excluding hydrogens is 323 g/mol. The van der Waals surface area contributed by atoms with Gasteiger partial charge in [0.25, 0.3) is 0 Å². The Labute approximate surface area is 119 Å². The first-order valence-electron chi connectivity index (χ1n) is 6.05. The van der Waals surface area contributed by atoms with Gasteiger partial charge in [-0.05, 0) is 47.0 Å². The van der Waals surface area contributed by atoms with Crippen LogP contribution in [0.2, 0.25) is 0 Å². The van der Waals surface area contributed by atoms with Crippen LogP contribution in [-0.4, -0.2) is 17.3 Å². The maximum absolute atomic E-state index is 12.5. The van der Waals surface area contributed by atoms with Gasteiger partial charge in [-0.15, -0.1) is 0 Å². The van der Waals surface area contributed by atoms with Crippen molar-refractivity contribution in [3.63, 3.8) is 0 Å². The van der Waals surface area contributed by atoms with Gasteiger partial charge in [-0.2, -0.15) is 13.2 Å². The number of hydrogen-bond donors (Lipinski definition) is 2. The van der Waals surface area contributed by atoms with Gasteiger partial charge in [0.1, 0.15) is 0 Å². The molecule has 1 rings (SSSR count). The van der Waals surface area contributed by atoms with Crippen molar-refractivity contribution in [2.75, 3.05) is 11.9 Å². The third kappa shape index (κ3) is 4.38. The number of alkyl halides is 3. The molecule has 19 heavy (non-hydrogen) atoms. The maximum Gasteiger partial charge on any atom is 0.416 e. The quantitative estimate of drug-likeness (QED) is 0.831. The molecule has 1 aromatic carbocycles. The lowest BCUT2D eigenvalue weighted by atomic mass is 9.97. The van der Waals surface area contributed by atoms with Crippen LogP contribution < -0.4 is 5.32 Å². The fourth-order valence-corrected chi connectivity index (χ4v) is 2.11. The van der Waals surface area contributed by atoms with Gasteiger partial charge in [-0.1, -0.05) is 13.8 Å². The van der Waals surface area contributed by atoms with E-state index in [0.717, 1.165) is 12.1 Å². The number of nitrogens with one attached hydrogen (secondary N) is 1. The van der Waals surface area contributed by atoms with Crippen LogP contribution in [0.25, 0.3) is 0 Å². The van der Waals surface area contributed by atoms with Gasteiger partial charge in [-0.25, -0.2) is 0 Å². The molecule has 0 aromatic heterocycles. The fraction of sp³-hybridized carbons (Fsp3) is 0.538.